The second-order valence-corrected chi connectivity index (χ2v) is 7.86. The summed E-state index contributed by atoms with van der Waals surface area (Å²) >= 11 is 0. The van der Waals surface area contributed by atoms with Crippen molar-refractivity contribution in [1.82, 2.24) is 5.32 Å². The highest BCUT2D eigenvalue weighted by molar-refractivity contribution is 5.93. The maximum atomic E-state index is 12.5. The summed E-state index contributed by atoms with van der Waals surface area (Å²) in [6.45, 7) is 6.10. The van der Waals surface area contributed by atoms with Gasteiger partial charge < -0.3 is 19.5 Å². The molecule has 1 fully saturated rings. The highest BCUT2D eigenvalue weighted by Gasteiger charge is 2.35. The van der Waals surface area contributed by atoms with Crippen LogP contribution in [-0.4, -0.2) is 37.2 Å². The number of rotatable bonds is 8. The number of nitrogens with one attached hydrogen (secondary N) is 1. The molecule has 1 amide bonds. The summed E-state index contributed by atoms with van der Waals surface area (Å²) in [5.41, 5.74) is -0.611. The van der Waals surface area contributed by atoms with E-state index in [1.54, 1.807) is 12.1 Å². The SMILES string of the molecule is COc1cc(C(=O)OC(C)C(=O)NC2(C#N)CCCCC2)ccc1OCC(C)C. The number of nitriles is 1. The van der Waals surface area contributed by atoms with Crippen molar-refractivity contribution in [2.45, 2.75) is 64.5 Å². The highest BCUT2D eigenvalue weighted by Crippen LogP contribution is 2.29. The average molecular weight is 402 g/mol. The minimum Gasteiger partial charge on any atom is -0.493 e. The van der Waals surface area contributed by atoms with Crippen LogP contribution in [-0.2, 0) is 9.53 Å². The fourth-order valence-electron chi connectivity index (χ4n) is 3.21. The molecule has 1 atom stereocenters. The monoisotopic (exact) mass is 402 g/mol. The Labute approximate surface area is 172 Å². The lowest BCUT2D eigenvalue weighted by Gasteiger charge is -2.32. The Morgan fingerprint density at radius 1 is 1.17 bits per heavy atom. The van der Waals surface area contributed by atoms with E-state index >= 15 is 0 Å². The standard InChI is InChI=1S/C22H30N2O5/c1-15(2)13-28-18-9-8-17(12-19(18)27-4)21(26)29-16(3)20(25)24-22(14-23)10-6-5-7-11-22/h8-9,12,15-16H,5-7,10-11,13H2,1-4H3,(H,24,25). The first-order valence-corrected chi connectivity index (χ1v) is 10.1. The van der Waals surface area contributed by atoms with Gasteiger partial charge in [0.15, 0.2) is 17.6 Å². The van der Waals surface area contributed by atoms with Crippen LogP contribution in [0.25, 0.3) is 0 Å². The molecule has 2 rings (SSSR count). The molecule has 1 aliphatic rings. The van der Waals surface area contributed by atoms with Gasteiger partial charge in [0.25, 0.3) is 5.91 Å². The molecule has 0 bridgehead atoms. The van der Waals surface area contributed by atoms with E-state index < -0.39 is 23.5 Å². The van der Waals surface area contributed by atoms with Gasteiger partial charge in [0.05, 0.1) is 25.3 Å². The maximum Gasteiger partial charge on any atom is 0.339 e. The van der Waals surface area contributed by atoms with Crippen LogP contribution in [0.1, 0.15) is 63.2 Å². The Morgan fingerprint density at radius 2 is 1.86 bits per heavy atom. The third kappa shape index (κ3) is 6.11. The largest absolute Gasteiger partial charge is 0.493 e. The molecule has 1 N–H and O–H groups in total. The lowest BCUT2D eigenvalue weighted by atomic mass is 9.83. The normalized spacial score (nSPS) is 16.4. The lowest BCUT2D eigenvalue weighted by Crippen LogP contribution is -2.52. The molecule has 0 heterocycles. The molecular formula is C22H30N2O5. The number of amides is 1. The predicted octanol–water partition coefficient (Wildman–Crippen LogP) is 3.62. The summed E-state index contributed by atoms with van der Waals surface area (Å²) in [5, 5.41) is 12.3. The van der Waals surface area contributed by atoms with Crippen LogP contribution in [0.15, 0.2) is 18.2 Å². The van der Waals surface area contributed by atoms with Gasteiger partial charge >= 0.3 is 5.97 Å². The van der Waals surface area contributed by atoms with E-state index in [1.165, 1.54) is 20.1 Å². The number of hydrogen-bond acceptors (Lipinski definition) is 6. The summed E-state index contributed by atoms with van der Waals surface area (Å²) in [4.78, 5) is 25.0. The van der Waals surface area contributed by atoms with Gasteiger partial charge in [-0.25, -0.2) is 4.79 Å². The Hall–Kier alpha value is -2.75. The van der Waals surface area contributed by atoms with E-state index in [1.807, 2.05) is 13.8 Å². The maximum absolute atomic E-state index is 12.5. The van der Waals surface area contributed by atoms with E-state index in [2.05, 4.69) is 11.4 Å². The quantitative estimate of drug-likeness (QED) is 0.667. The van der Waals surface area contributed by atoms with E-state index in [0.29, 0.717) is 36.9 Å². The van der Waals surface area contributed by atoms with Crippen molar-refractivity contribution in [2.24, 2.45) is 5.92 Å². The number of nitrogens with zero attached hydrogens (tertiary/aromatic N) is 1. The molecule has 7 heteroatoms. The van der Waals surface area contributed by atoms with Gasteiger partial charge in [-0.2, -0.15) is 5.26 Å². The third-order valence-corrected chi connectivity index (χ3v) is 4.91. The predicted molar refractivity (Wildman–Crippen MR) is 108 cm³/mol. The summed E-state index contributed by atoms with van der Waals surface area (Å²) in [6, 6.07) is 6.98. The number of hydrogen-bond donors (Lipinski definition) is 1. The van der Waals surface area contributed by atoms with E-state index in [4.69, 9.17) is 14.2 Å². The molecule has 1 aliphatic carbocycles. The first-order chi connectivity index (χ1) is 13.8. The van der Waals surface area contributed by atoms with Crippen molar-refractivity contribution in [3.8, 4) is 17.6 Å². The van der Waals surface area contributed by atoms with E-state index in [-0.39, 0.29) is 5.56 Å². The summed E-state index contributed by atoms with van der Waals surface area (Å²) in [6.07, 6.45) is 3.07. The highest BCUT2D eigenvalue weighted by atomic mass is 16.5. The van der Waals surface area contributed by atoms with Crippen LogP contribution in [0.4, 0.5) is 0 Å². The van der Waals surface area contributed by atoms with Gasteiger partial charge in [0, 0.05) is 0 Å². The van der Waals surface area contributed by atoms with Gasteiger partial charge in [-0.3, -0.25) is 4.79 Å². The zero-order valence-corrected chi connectivity index (χ0v) is 17.6. The Morgan fingerprint density at radius 3 is 2.45 bits per heavy atom. The van der Waals surface area contributed by atoms with Gasteiger partial charge in [0.1, 0.15) is 5.54 Å². The van der Waals surface area contributed by atoms with Gasteiger partial charge in [-0.1, -0.05) is 33.1 Å². The molecule has 1 aromatic rings. The molecule has 0 aliphatic heterocycles. The molecule has 1 aromatic carbocycles. The minimum absolute atomic E-state index is 0.256. The van der Waals surface area contributed by atoms with Crippen molar-refractivity contribution < 1.29 is 23.8 Å². The fraction of sp³-hybridized carbons (Fsp3) is 0.591. The number of ether oxygens (including phenoxy) is 3. The Kier molecular flexibility index (Phi) is 7.89. The van der Waals surface area contributed by atoms with Crippen LogP contribution < -0.4 is 14.8 Å². The van der Waals surface area contributed by atoms with Crippen molar-refractivity contribution in [3.63, 3.8) is 0 Å². The summed E-state index contributed by atoms with van der Waals surface area (Å²) in [5.74, 6) is 0.200. The lowest BCUT2D eigenvalue weighted by molar-refractivity contribution is -0.130. The second-order valence-electron chi connectivity index (χ2n) is 7.86. The van der Waals surface area contributed by atoms with E-state index in [9.17, 15) is 14.9 Å². The smallest absolute Gasteiger partial charge is 0.339 e. The molecule has 0 radical (unpaired) electrons. The topological polar surface area (TPSA) is 97.6 Å². The zero-order valence-electron chi connectivity index (χ0n) is 17.6. The first-order valence-electron chi connectivity index (χ1n) is 10.1. The molecule has 0 saturated heterocycles. The van der Waals surface area contributed by atoms with Crippen LogP contribution in [0.2, 0.25) is 0 Å². The second kappa shape index (κ2) is 10.1. The number of esters is 1. The Bertz CT molecular complexity index is 763. The molecule has 0 aromatic heterocycles. The molecule has 0 spiro atoms. The summed E-state index contributed by atoms with van der Waals surface area (Å²) < 4.78 is 16.3. The van der Waals surface area contributed by atoms with Gasteiger partial charge in [-0.05, 0) is 43.9 Å². The molecule has 1 saturated carbocycles. The fourth-order valence-corrected chi connectivity index (χ4v) is 3.21. The number of methoxy groups -OCH3 is 1. The van der Waals surface area contributed by atoms with Crippen LogP contribution >= 0.6 is 0 Å². The number of carbonyl (C=O) groups is 2. The van der Waals surface area contributed by atoms with Crippen LogP contribution in [0.3, 0.4) is 0 Å². The van der Waals surface area contributed by atoms with Crippen molar-refractivity contribution in [1.29, 1.82) is 5.26 Å². The number of benzene rings is 1. The van der Waals surface area contributed by atoms with Crippen molar-refractivity contribution >= 4 is 11.9 Å². The van der Waals surface area contributed by atoms with Gasteiger partial charge in [-0.15, -0.1) is 0 Å². The summed E-state index contributed by atoms with van der Waals surface area (Å²) in [7, 11) is 1.49. The van der Waals surface area contributed by atoms with Crippen LogP contribution in [0.5, 0.6) is 11.5 Å². The molecule has 1 unspecified atom stereocenters. The minimum atomic E-state index is -1.02. The van der Waals surface area contributed by atoms with Crippen molar-refractivity contribution in [2.75, 3.05) is 13.7 Å². The van der Waals surface area contributed by atoms with Crippen molar-refractivity contribution in [3.05, 3.63) is 23.8 Å². The molecule has 7 nitrogen and oxygen atoms in total. The first kappa shape index (κ1) is 22.5. The van der Waals surface area contributed by atoms with Gasteiger partial charge in [0.2, 0.25) is 0 Å². The molecular weight excluding hydrogens is 372 g/mol. The molecule has 29 heavy (non-hydrogen) atoms. The van der Waals surface area contributed by atoms with Crippen LogP contribution in [0, 0.1) is 17.2 Å². The third-order valence-electron chi connectivity index (χ3n) is 4.91. The Balaban J connectivity index is 2.01. The number of carbonyl (C=O) groups excluding carboxylic acids is 2. The average Bonchev–Trinajstić information content (AvgIpc) is 2.72. The molecule has 158 valence electrons. The van der Waals surface area contributed by atoms with E-state index in [0.717, 1.165) is 19.3 Å². The zero-order chi connectivity index (χ0) is 21.4.